The molecule has 2 aromatic rings. The van der Waals surface area contributed by atoms with Crippen LogP contribution in [0.4, 0.5) is 17.5 Å². The Balaban J connectivity index is 1.56. The van der Waals surface area contributed by atoms with Gasteiger partial charge in [-0.15, -0.1) is 0 Å². The van der Waals surface area contributed by atoms with Gasteiger partial charge in [-0.2, -0.15) is 4.98 Å². The van der Waals surface area contributed by atoms with Crippen molar-refractivity contribution in [3.05, 3.63) is 45.7 Å². The summed E-state index contributed by atoms with van der Waals surface area (Å²) in [5, 5.41) is 5.45. The zero-order valence-corrected chi connectivity index (χ0v) is 20.2. The summed E-state index contributed by atoms with van der Waals surface area (Å²) in [6.07, 6.45) is 1.28. The number of carbonyl (C=O) groups excluding carboxylic acids is 3. The molecular weight excluding hydrogens is 450 g/mol. The van der Waals surface area contributed by atoms with Crippen LogP contribution in [-0.2, 0) is 19.1 Å². The number of hydrogen-bond acceptors (Lipinski definition) is 7. The van der Waals surface area contributed by atoms with E-state index in [0.29, 0.717) is 37.7 Å². The molecule has 2 atom stereocenters. The van der Waals surface area contributed by atoms with Crippen LogP contribution in [0.15, 0.2) is 29.1 Å². The van der Waals surface area contributed by atoms with Gasteiger partial charge in [0.1, 0.15) is 5.82 Å². The largest absolute Gasteiger partial charge is 0.466 e. The predicted molar refractivity (Wildman–Crippen MR) is 132 cm³/mol. The molecule has 0 bridgehead atoms. The Bertz CT molecular complexity index is 1170. The fourth-order valence-electron chi connectivity index (χ4n) is 4.54. The average molecular weight is 482 g/mol. The van der Waals surface area contributed by atoms with Gasteiger partial charge in [-0.25, -0.2) is 0 Å². The first kappa shape index (κ1) is 24.4. The molecule has 1 aromatic carbocycles. The standard InChI is InChI=1S/C25H31N5O5/c1-4-35-24(34)16-6-5-11-30(13-16)25-28-21-20(23(33)29-25)18(12-19(31)27-21)22(32)26-17-9-7-15(8-10-17)14(2)3/h7-10,14,16,18H,4-6,11-13H2,1-3H3,(H,26,32)(H2,27,28,29,31,33)/t16-,18+/m1/s1. The summed E-state index contributed by atoms with van der Waals surface area (Å²) in [6, 6.07) is 7.48. The van der Waals surface area contributed by atoms with Crippen molar-refractivity contribution < 1.29 is 19.1 Å². The third-order valence-corrected chi connectivity index (χ3v) is 6.44. The smallest absolute Gasteiger partial charge is 0.310 e. The van der Waals surface area contributed by atoms with Gasteiger partial charge in [0, 0.05) is 25.2 Å². The van der Waals surface area contributed by atoms with E-state index in [0.717, 1.165) is 12.0 Å². The highest BCUT2D eigenvalue weighted by molar-refractivity contribution is 6.04. The number of ether oxygens (including phenoxy) is 1. The van der Waals surface area contributed by atoms with E-state index in [4.69, 9.17) is 4.74 Å². The number of amides is 2. The van der Waals surface area contributed by atoms with Crippen LogP contribution in [0.5, 0.6) is 0 Å². The van der Waals surface area contributed by atoms with E-state index in [1.165, 1.54) is 0 Å². The lowest BCUT2D eigenvalue weighted by molar-refractivity contribution is -0.148. The van der Waals surface area contributed by atoms with Crippen molar-refractivity contribution in [1.29, 1.82) is 0 Å². The quantitative estimate of drug-likeness (QED) is 0.540. The lowest BCUT2D eigenvalue weighted by Crippen LogP contribution is -2.42. The van der Waals surface area contributed by atoms with Crippen LogP contribution in [0.1, 0.15) is 63.0 Å². The van der Waals surface area contributed by atoms with Crippen molar-refractivity contribution in [1.82, 2.24) is 9.97 Å². The highest BCUT2D eigenvalue weighted by Crippen LogP contribution is 2.31. The molecule has 186 valence electrons. The molecule has 2 amide bonds. The Hall–Kier alpha value is -3.69. The van der Waals surface area contributed by atoms with Crippen LogP contribution >= 0.6 is 0 Å². The van der Waals surface area contributed by atoms with Gasteiger partial charge in [-0.1, -0.05) is 26.0 Å². The molecule has 10 heteroatoms. The first-order valence-corrected chi connectivity index (χ1v) is 12.0. The summed E-state index contributed by atoms with van der Waals surface area (Å²) < 4.78 is 5.14. The van der Waals surface area contributed by atoms with E-state index < -0.39 is 17.4 Å². The van der Waals surface area contributed by atoms with Gasteiger partial charge >= 0.3 is 5.97 Å². The zero-order chi connectivity index (χ0) is 25.1. The average Bonchev–Trinajstić information content (AvgIpc) is 2.83. The summed E-state index contributed by atoms with van der Waals surface area (Å²) in [5.41, 5.74) is 1.37. The fourth-order valence-corrected chi connectivity index (χ4v) is 4.54. The molecule has 35 heavy (non-hydrogen) atoms. The van der Waals surface area contributed by atoms with Crippen LogP contribution in [-0.4, -0.2) is 47.4 Å². The Labute approximate surface area is 203 Å². The molecule has 3 heterocycles. The van der Waals surface area contributed by atoms with Crippen molar-refractivity contribution in [2.75, 3.05) is 35.2 Å². The molecule has 0 radical (unpaired) electrons. The molecule has 0 aliphatic carbocycles. The van der Waals surface area contributed by atoms with Crippen LogP contribution in [0.3, 0.4) is 0 Å². The van der Waals surface area contributed by atoms with E-state index in [-0.39, 0.29) is 41.5 Å². The molecule has 10 nitrogen and oxygen atoms in total. The molecular formula is C25H31N5O5. The SMILES string of the molecule is CCOC(=O)[C@@H]1CCCN(c2nc3c(c(=O)[nH]2)[C@@H](C(=O)Nc2ccc(C(C)C)cc2)CC(=O)N3)C1. The summed E-state index contributed by atoms with van der Waals surface area (Å²) >= 11 is 0. The summed E-state index contributed by atoms with van der Waals surface area (Å²) in [6.45, 7) is 7.18. The molecule has 1 saturated heterocycles. The van der Waals surface area contributed by atoms with E-state index in [1.54, 1.807) is 24.0 Å². The maximum atomic E-state index is 13.1. The number of esters is 1. The predicted octanol–water partition coefficient (Wildman–Crippen LogP) is 2.74. The van der Waals surface area contributed by atoms with Crippen molar-refractivity contribution >= 4 is 35.2 Å². The topological polar surface area (TPSA) is 133 Å². The van der Waals surface area contributed by atoms with Crippen molar-refractivity contribution in [2.24, 2.45) is 5.92 Å². The molecule has 4 rings (SSSR count). The monoisotopic (exact) mass is 481 g/mol. The third-order valence-electron chi connectivity index (χ3n) is 6.44. The van der Waals surface area contributed by atoms with Gasteiger partial charge in [0.25, 0.3) is 5.56 Å². The van der Waals surface area contributed by atoms with Crippen LogP contribution in [0, 0.1) is 5.92 Å². The summed E-state index contributed by atoms with van der Waals surface area (Å²) in [7, 11) is 0. The number of aromatic amines is 1. The second-order valence-electron chi connectivity index (χ2n) is 9.26. The van der Waals surface area contributed by atoms with Crippen molar-refractivity contribution in [3.8, 4) is 0 Å². The molecule has 0 spiro atoms. The highest BCUT2D eigenvalue weighted by Gasteiger charge is 2.36. The number of nitrogens with zero attached hydrogens (tertiary/aromatic N) is 2. The van der Waals surface area contributed by atoms with E-state index in [2.05, 4.69) is 34.4 Å². The number of carbonyl (C=O) groups is 3. The zero-order valence-electron chi connectivity index (χ0n) is 20.2. The number of aromatic nitrogens is 2. The number of hydrogen-bond donors (Lipinski definition) is 3. The summed E-state index contributed by atoms with van der Waals surface area (Å²) in [5.74, 6) is -1.70. The highest BCUT2D eigenvalue weighted by atomic mass is 16.5. The minimum atomic E-state index is -0.970. The van der Waals surface area contributed by atoms with Gasteiger partial charge < -0.3 is 20.3 Å². The molecule has 1 fully saturated rings. The molecule has 2 aliphatic rings. The first-order valence-electron chi connectivity index (χ1n) is 12.0. The number of benzene rings is 1. The Morgan fingerprint density at radius 2 is 1.97 bits per heavy atom. The Morgan fingerprint density at radius 1 is 1.23 bits per heavy atom. The van der Waals surface area contributed by atoms with Crippen LogP contribution in [0.2, 0.25) is 0 Å². The van der Waals surface area contributed by atoms with Crippen LogP contribution < -0.4 is 21.1 Å². The lowest BCUT2D eigenvalue weighted by Gasteiger charge is -2.32. The molecule has 0 unspecified atom stereocenters. The van der Waals surface area contributed by atoms with E-state index in [1.807, 2.05) is 12.1 Å². The van der Waals surface area contributed by atoms with Crippen molar-refractivity contribution in [2.45, 2.75) is 51.9 Å². The number of anilines is 3. The molecule has 1 aromatic heterocycles. The number of rotatable bonds is 6. The number of fused-ring (bicyclic) bond motifs is 1. The minimum absolute atomic E-state index is 0.0774. The van der Waals surface area contributed by atoms with Gasteiger partial charge in [-0.3, -0.25) is 24.2 Å². The maximum Gasteiger partial charge on any atom is 0.310 e. The number of piperidine rings is 1. The van der Waals surface area contributed by atoms with Gasteiger partial charge in [0.05, 0.1) is 24.0 Å². The first-order chi connectivity index (χ1) is 16.8. The van der Waals surface area contributed by atoms with E-state index in [9.17, 15) is 19.2 Å². The van der Waals surface area contributed by atoms with Crippen LogP contribution in [0.25, 0.3) is 0 Å². The Morgan fingerprint density at radius 3 is 2.66 bits per heavy atom. The number of nitrogens with one attached hydrogen (secondary N) is 3. The molecule has 3 N–H and O–H groups in total. The minimum Gasteiger partial charge on any atom is -0.466 e. The Kier molecular flexibility index (Phi) is 7.18. The normalized spacial score (nSPS) is 19.7. The molecule has 0 saturated carbocycles. The maximum absolute atomic E-state index is 13.1. The number of H-pyrrole nitrogens is 1. The van der Waals surface area contributed by atoms with E-state index >= 15 is 0 Å². The lowest BCUT2D eigenvalue weighted by atomic mass is 9.92. The van der Waals surface area contributed by atoms with Crippen molar-refractivity contribution in [3.63, 3.8) is 0 Å². The third kappa shape index (κ3) is 5.36. The second kappa shape index (κ2) is 10.3. The second-order valence-corrected chi connectivity index (χ2v) is 9.26. The summed E-state index contributed by atoms with van der Waals surface area (Å²) in [4.78, 5) is 59.8. The molecule has 2 aliphatic heterocycles. The van der Waals surface area contributed by atoms with Gasteiger partial charge in [-0.05, 0) is 43.4 Å². The van der Waals surface area contributed by atoms with Gasteiger partial charge in [0.15, 0.2) is 0 Å². The fraction of sp³-hybridized carbons (Fsp3) is 0.480. The van der Waals surface area contributed by atoms with Gasteiger partial charge in [0.2, 0.25) is 17.8 Å².